The van der Waals surface area contributed by atoms with Gasteiger partial charge in [-0.05, 0) is 32.1 Å². The summed E-state index contributed by atoms with van der Waals surface area (Å²) >= 11 is 4.83. The van der Waals surface area contributed by atoms with Crippen molar-refractivity contribution >= 4 is 23.1 Å². The Morgan fingerprint density at radius 1 is 1.25 bits per heavy atom. The molecule has 0 radical (unpaired) electrons. The number of nitrogens with zero attached hydrogens (tertiary/aromatic N) is 1. The SMILES string of the molecule is NC(=S)CCCCN1CCCCCCC1=O. The Morgan fingerprint density at radius 2 is 2.00 bits per heavy atom. The molecule has 2 N–H and O–H groups in total. The Hall–Kier alpha value is -0.640. The number of likely N-dealkylation sites (tertiary alicyclic amines) is 1. The number of thiocarbonyl (C=S) groups is 1. The van der Waals surface area contributed by atoms with Crippen molar-refractivity contribution in [2.75, 3.05) is 13.1 Å². The van der Waals surface area contributed by atoms with E-state index in [1.165, 1.54) is 12.8 Å². The molecule has 92 valence electrons. The van der Waals surface area contributed by atoms with Crippen LogP contribution in [0.2, 0.25) is 0 Å². The zero-order valence-corrected chi connectivity index (χ0v) is 10.7. The average molecular weight is 242 g/mol. The molecule has 0 unspecified atom stereocenters. The Bertz CT molecular complexity index is 243. The lowest BCUT2D eigenvalue weighted by atomic mass is 10.1. The summed E-state index contributed by atoms with van der Waals surface area (Å²) in [6, 6.07) is 0. The minimum atomic E-state index is 0.329. The molecule has 0 bridgehead atoms. The third-order valence-corrected chi connectivity index (χ3v) is 3.23. The predicted octanol–water partition coefficient (Wildman–Crippen LogP) is 2.24. The van der Waals surface area contributed by atoms with E-state index in [1.54, 1.807) is 0 Å². The highest BCUT2D eigenvalue weighted by Gasteiger charge is 2.14. The van der Waals surface area contributed by atoms with E-state index in [0.717, 1.165) is 51.6 Å². The number of carbonyl (C=O) groups excluding carboxylic acids is 1. The maximum absolute atomic E-state index is 11.8. The van der Waals surface area contributed by atoms with Crippen LogP contribution in [0.3, 0.4) is 0 Å². The number of amides is 1. The van der Waals surface area contributed by atoms with E-state index in [0.29, 0.717) is 10.9 Å². The summed E-state index contributed by atoms with van der Waals surface area (Å²) in [6.45, 7) is 1.81. The summed E-state index contributed by atoms with van der Waals surface area (Å²) in [5, 5.41) is 0. The summed E-state index contributed by atoms with van der Waals surface area (Å²) in [4.78, 5) is 14.4. The summed E-state index contributed by atoms with van der Waals surface area (Å²) in [5.74, 6) is 0.329. The second-order valence-electron chi connectivity index (χ2n) is 4.47. The third-order valence-electron chi connectivity index (χ3n) is 3.02. The first-order valence-electron chi connectivity index (χ1n) is 6.26. The molecule has 4 heteroatoms. The number of rotatable bonds is 5. The minimum absolute atomic E-state index is 0.329. The lowest BCUT2D eigenvalue weighted by Gasteiger charge is -2.24. The summed E-state index contributed by atoms with van der Waals surface area (Å²) in [5.41, 5.74) is 5.44. The maximum Gasteiger partial charge on any atom is 0.222 e. The molecule has 0 aromatic carbocycles. The highest BCUT2D eigenvalue weighted by molar-refractivity contribution is 7.80. The highest BCUT2D eigenvalue weighted by atomic mass is 32.1. The van der Waals surface area contributed by atoms with Crippen molar-refractivity contribution < 1.29 is 4.79 Å². The fraction of sp³-hybridized carbons (Fsp3) is 0.833. The summed E-state index contributed by atoms with van der Waals surface area (Å²) in [6.07, 6.45) is 8.23. The van der Waals surface area contributed by atoms with Gasteiger partial charge in [-0.2, -0.15) is 0 Å². The molecule has 1 fully saturated rings. The number of hydrogen-bond acceptors (Lipinski definition) is 2. The molecule has 3 nitrogen and oxygen atoms in total. The van der Waals surface area contributed by atoms with Crippen LogP contribution < -0.4 is 5.73 Å². The highest BCUT2D eigenvalue weighted by Crippen LogP contribution is 2.12. The molecule has 0 aromatic rings. The normalized spacial score (nSPS) is 18.0. The van der Waals surface area contributed by atoms with Gasteiger partial charge in [-0.15, -0.1) is 0 Å². The first-order valence-corrected chi connectivity index (χ1v) is 6.67. The van der Waals surface area contributed by atoms with Crippen LogP contribution in [0.5, 0.6) is 0 Å². The smallest absolute Gasteiger partial charge is 0.222 e. The van der Waals surface area contributed by atoms with Crippen LogP contribution in [0.15, 0.2) is 0 Å². The van der Waals surface area contributed by atoms with Crippen molar-refractivity contribution in [1.29, 1.82) is 0 Å². The van der Waals surface area contributed by atoms with Crippen molar-refractivity contribution in [3.05, 3.63) is 0 Å². The lowest BCUT2D eigenvalue weighted by Crippen LogP contribution is -2.33. The van der Waals surface area contributed by atoms with Crippen LogP contribution in [0.4, 0.5) is 0 Å². The Balaban J connectivity index is 2.21. The van der Waals surface area contributed by atoms with Crippen molar-refractivity contribution in [2.45, 2.75) is 51.4 Å². The first kappa shape index (κ1) is 13.4. The van der Waals surface area contributed by atoms with Gasteiger partial charge in [0, 0.05) is 19.5 Å². The van der Waals surface area contributed by atoms with Gasteiger partial charge in [0.2, 0.25) is 5.91 Å². The number of unbranched alkanes of at least 4 members (excludes halogenated alkanes) is 1. The fourth-order valence-corrected chi connectivity index (χ4v) is 2.20. The van der Waals surface area contributed by atoms with Gasteiger partial charge in [-0.1, -0.05) is 25.1 Å². The molecular weight excluding hydrogens is 220 g/mol. The van der Waals surface area contributed by atoms with Gasteiger partial charge in [-0.3, -0.25) is 4.79 Å². The number of nitrogens with two attached hydrogens (primary N) is 1. The Kier molecular flexibility index (Phi) is 6.38. The third kappa shape index (κ3) is 5.45. The van der Waals surface area contributed by atoms with Gasteiger partial charge in [-0.25, -0.2) is 0 Å². The molecule has 0 aliphatic carbocycles. The van der Waals surface area contributed by atoms with Crippen molar-refractivity contribution in [3.63, 3.8) is 0 Å². The second-order valence-corrected chi connectivity index (χ2v) is 4.99. The van der Waals surface area contributed by atoms with Gasteiger partial charge in [0.25, 0.3) is 0 Å². The van der Waals surface area contributed by atoms with E-state index in [2.05, 4.69) is 0 Å². The molecule has 1 aliphatic heterocycles. The van der Waals surface area contributed by atoms with Crippen LogP contribution in [0.1, 0.15) is 51.4 Å². The molecule has 1 heterocycles. The topological polar surface area (TPSA) is 46.3 Å². The average Bonchev–Trinajstić information content (AvgIpc) is 2.21. The zero-order valence-electron chi connectivity index (χ0n) is 9.91. The fourth-order valence-electron chi connectivity index (χ4n) is 2.05. The van der Waals surface area contributed by atoms with Gasteiger partial charge >= 0.3 is 0 Å². The van der Waals surface area contributed by atoms with E-state index in [1.807, 2.05) is 4.90 Å². The maximum atomic E-state index is 11.8. The van der Waals surface area contributed by atoms with Crippen LogP contribution >= 0.6 is 12.2 Å². The van der Waals surface area contributed by atoms with Crippen LogP contribution in [0, 0.1) is 0 Å². The molecular formula is C12H22N2OS. The van der Waals surface area contributed by atoms with E-state index in [4.69, 9.17) is 18.0 Å². The Morgan fingerprint density at radius 3 is 2.75 bits per heavy atom. The van der Waals surface area contributed by atoms with Crippen LogP contribution in [-0.2, 0) is 4.79 Å². The van der Waals surface area contributed by atoms with Crippen LogP contribution in [-0.4, -0.2) is 28.9 Å². The van der Waals surface area contributed by atoms with Crippen LogP contribution in [0.25, 0.3) is 0 Å². The van der Waals surface area contributed by atoms with E-state index in [9.17, 15) is 4.79 Å². The summed E-state index contributed by atoms with van der Waals surface area (Å²) < 4.78 is 0. The number of hydrogen-bond donors (Lipinski definition) is 1. The van der Waals surface area contributed by atoms with Crippen molar-refractivity contribution in [1.82, 2.24) is 4.90 Å². The molecule has 1 aliphatic rings. The van der Waals surface area contributed by atoms with E-state index >= 15 is 0 Å². The van der Waals surface area contributed by atoms with Gasteiger partial charge in [0.15, 0.2) is 0 Å². The van der Waals surface area contributed by atoms with Crippen molar-refractivity contribution in [2.24, 2.45) is 5.73 Å². The molecule has 1 rings (SSSR count). The van der Waals surface area contributed by atoms with Gasteiger partial charge < -0.3 is 10.6 Å². The largest absolute Gasteiger partial charge is 0.393 e. The minimum Gasteiger partial charge on any atom is -0.393 e. The van der Waals surface area contributed by atoms with Gasteiger partial charge in [0.1, 0.15) is 0 Å². The molecule has 0 aromatic heterocycles. The van der Waals surface area contributed by atoms with Gasteiger partial charge in [0.05, 0.1) is 4.99 Å². The quantitative estimate of drug-likeness (QED) is 0.594. The Labute approximate surface area is 103 Å². The predicted molar refractivity (Wildman–Crippen MR) is 70.3 cm³/mol. The number of carbonyl (C=O) groups is 1. The molecule has 0 saturated carbocycles. The standard InChI is InChI=1S/C12H22N2OS/c13-11(16)7-4-6-10-14-9-5-2-1-3-8-12(14)15/h1-10H2,(H2,13,16). The lowest BCUT2D eigenvalue weighted by molar-refractivity contribution is -0.131. The molecule has 16 heavy (non-hydrogen) atoms. The van der Waals surface area contributed by atoms with E-state index in [-0.39, 0.29) is 0 Å². The second kappa shape index (κ2) is 7.60. The molecule has 0 atom stereocenters. The molecule has 1 saturated heterocycles. The monoisotopic (exact) mass is 242 g/mol. The molecule has 0 spiro atoms. The zero-order chi connectivity index (χ0) is 11.8. The molecule has 1 amide bonds. The first-order chi connectivity index (χ1) is 7.70. The van der Waals surface area contributed by atoms with E-state index < -0.39 is 0 Å². The van der Waals surface area contributed by atoms with Crippen molar-refractivity contribution in [3.8, 4) is 0 Å². The summed E-state index contributed by atoms with van der Waals surface area (Å²) in [7, 11) is 0.